The molecule has 0 radical (unpaired) electrons. The lowest BCUT2D eigenvalue weighted by atomic mass is 10.1. The molecule has 0 unspecified atom stereocenters. The second kappa shape index (κ2) is 9.28. The van der Waals surface area contributed by atoms with Crippen molar-refractivity contribution >= 4 is 12.2 Å². The molecule has 2 aromatic rings. The smallest absolute Gasteiger partial charge is 0.310 e. The molecule has 5 nitrogen and oxygen atoms in total. The van der Waals surface area contributed by atoms with Crippen molar-refractivity contribution in [3.05, 3.63) is 59.9 Å². The van der Waals surface area contributed by atoms with Gasteiger partial charge in [0.15, 0.2) is 11.6 Å². The van der Waals surface area contributed by atoms with Gasteiger partial charge in [-0.25, -0.2) is 4.39 Å². The molecule has 2 aromatic carbocycles. The van der Waals surface area contributed by atoms with Crippen LogP contribution in [0.5, 0.6) is 11.5 Å². The Kier molecular flexibility index (Phi) is 6.75. The Bertz CT molecular complexity index is 895. The number of carbonyl (C=O) groups is 1. The van der Waals surface area contributed by atoms with Crippen LogP contribution in [0.4, 0.5) is 4.39 Å². The van der Waals surface area contributed by atoms with E-state index < -0.39 is 5.82 Å². The normalized spacial score (nSPS) is 19.7. The van der Waals surface area contributed by atoms with Crippen molar-refractivity contribution in [1.29, 1.82) is 0 Å². The van der Waals surface area contributed by atoms with Crippen molar-refractivity contribution in [1.82, 2.24) is 0 Å². The Labute approximate surface area is 176 Å². The predicted molar refractivity (Wildman–Crippen MR) is 113 cm³/mol. The lowest BCUT2D eigenvalue weighted by Gasteiger charge is -2.10. The summed E-state index contributed by atoms with van der Waals surface area (Å²) in [6, 6.07) is 13.4. The van der Waals surface area contributed by atoms with E-state index in [2.05, 4.69) is 5.16 Å². The van der Waals surface area contributed by atoms with Crippen LogP contribution >= 0.6 is 0 Å². The van der Waals surface area contributed by atoms with Crippen LogP contribution in [-0.2, 0) is 21.0 Å². The van der Waals surface area contributed by atoms with Crippen molar-refractivity contribution in [2.45, 2.75) is 34.3 Å². The van der Waals surface area contributed by atoms with Crippen LogP contribution in [-0.4, -0.2) is 18.8 Å². The Morgan fingerprint density at radius 1 is 1.20 bits per heavy atom. The van der Waals surface area contributed by atoms with Gasteiger partial charge in [-0.1, -0.05) is 57.1 Å². The Morgan fingerprint density at radius 3 is 2.63 bits per heavy atom. The van der Waals surface area contributed by atoms with Crippen molar-refractivity contribution < 1.29 is 23.5 Å². The van der Waals surface area contributed by atoms with Crippen molar-refractivity contribution in [3.63, 3.8) is 0 Å². The number of hydrogen-bond acceptors (Lipinski definition) is 5. The van der Waals surface area contributed by atoms with Gasteiger partial charge in [0.1, 0.15) is 19.0 Å². The maximum absolute atomic E-state index is 14.1. The molecule has 6 heteroatoms. The number of oxime groups is 1. The molecule has 30 heavy (non-hydrogen) atoms. The summed E-state index contributed by atoms with van der Waals surface area (Å²) in [5.74, 6) is -0.0562. The van der Waals surface area contributed by atoms with E-state index in [0.717, 1.165) is 0 Å². The molecule has 0 spiro atoms. The Hall–Kier alpha value is -2.89. The largest absolute Gasteiger partial charge is 0.461 e. The Morgan fingerprint density at radius 2 is 1.93 bits per heavy atom. The summed E-state index contributed by atoms with van der Waals surface area (Å²) >= 11 is 0. The number of carbonyl (C=O) groups excluding carboxylic acids is 1. The summed E-state index contributed by atoms with van der Waals surface area (Å²) in [7, 11) is 0. The molecular formula is C24H28FNO4. The van der Waals surface area contributed by atoms with E-state index in [1.54, 1.807) is 30.5 Å². The number of hydrogen-bond donors (Lipinski definition) is 0. The van der Waals surface area contributed by atoms with Crippen LogP contribution in [0.1, 0.15) is 33.3 Å². The lowest BCUT2D eigenvalue weighted by molar-refractivity contribution is -0.147. The monoisotopic (exact) mass is 413 g/mol. The van der Waals surface area contributed by atoms with Gasteiger partial charge in [0.25, 0.3) is 0 Å². The molecule has 0 heterocycles. The van der Waals surface area contributed by atoms with Crippen LogP contribution < -0.4 is 4.74 Å². The highest BCUT2D eigenvalue weighted by Gasteiger charge is 2.62. The summed E-state index contributed by atoms with van der Waals surface area (Å²) in [6.07, 6.45) is 1.69. The highest BCUT2D eigenvalue weighted by atomic mass is 19.1. The van der Waals surface area contributed by atoms with E-state index >= 15 is 0 Å². The van der Waals surface area contributed by atoms with Gasteiger partial charge in [-0.3, -0.25) is 4.79 Å². The SMILES string of the molecule is CC(C)CON=C[C@H]1[C@@H](C(=O)OCc2ccc(F)c(Oc3ccccc3)c2)C1(C)C. The molecular weight excluding hydrogens is 385 g/mol. The quantitative estimate of drug-likeness (QED) is 0.305. The van der Waals surface area contributed by atoms with Gasteiger partial charge < -0.3 is 14.3 Å². The minimum Gasteiger partial charge on any atom is -0.461 e. The van der Waals surface area contributed by atoms with E-state index in [1.165, 1.54) is 6.07 Å². The molecule has 2 atom stereocenters. The molecule has 0 bridgehead atoms. The minimum absolute atomic E-state index is 0.0256. The minimum atomic E-state index is -0.477. The maximum Gasteiger partial charge on any atom is 0.310 e. The molecule has 1 aliphatic carbocycles. The zero-order chi connectivity index (χ0) is 21.7. The summed E-state index contributed by atoms with van der Waals surface area (Å²) < 4.78 is 25.2. The van der Waals surface area contributed by atoms with Gasteiger partial charge >= 0.3 is 5.97 Å². The van der Waals surface area contributed by atoms with E-state index in [1.807, 2.05) is 45.9 Å². The summed E-state index contributed by atoms with van der Waals surface area (Å²) in [6.45, 7) is 8.68. The number of halogens is 1. The standard InChI is InChI=1S/C24H28FNO4/c1-16(2)14-29-26-13-19-22(24(19,3)4)23(27)28-15-17-10-11-20(25)21(12-17)30-18-8-6-5-7-9-18/h5-13,16,19,22H,14-15H2,1-4H3/t19-,22-/m0/s1. The highest BCUT2D eigenvalue weighted by Crippen LogP contribution is 2.57. The second-order valence-electron chi connectivity index (χ2n) is 8.56. The molecule has 0 N–H and O–H groups in total. The first kappa shape index (κ1) is 21.8. The van der Waals surface area contributed by atoms with Gasteiger partial charge in [0.05, 0.1) is 5.92 Å². The molecule has 0 saturated heterocycles. The van der Waals surface area contributed by atoms with Crippen LogP contribution in [0.25, 0.3) is 0 Å². The molecule has 0 aliphatic heterocycles. The number of rotatable bonds is 9. The molecule has 0 aromatic heterocycles. The third kappa shape index (κ3) is 5.38. The first-order chi connectivity index (χ1) is 14.3. The third-order valence-electron chi connectivity index (χ3n) is 5.22. The average molecular weight is 413 g/mol. The third-order valence-corrected chi connectivity index (χ3v) is 5.22. The van der Waals surface area contributed by atoms with Gasteiger partial charge in [-0.2, -0.15) is 0 Å². The van der Waals surface area contributed by atoms with Crippen molar-refractivity contribution in [2.24, 2.45) is 28.3 Å². The fraction of sp³-hybridized carbons (Fsp3) is 0.417. The topological polar surface area (TPSA) is 57.1 Å². The van der Waals surface area contributed by atoms with Crippen molar-refractivity contribution in [3.8, 4) is 11.5 Å². The molecule has 0 amide bonds. The van der Waals surface area contributed by atoms with E-state index in [0.29, 0.717) is 23.8 Å². The molecule has 1 fully saturated rings. The van der Waals surface area contributed by atoms with Crippen LogP contribution in [0.15, 0.2) is 53.7 Å². The van der Waals surface area contributed by atoms with E-state index in [9.17, 15) is 9.18 Å². The zero-order valence-electron chi connectivity index (χ0n) is 17.8. The first-order valence-electron chi connectivity index (χ1n) is 10.1. The number of ether oxygens (including phenoxy) is 2. The number of nitrogens with zero attached hydrogens (tertiary/aromatic N) is 1. The lowest BCUT2D eigenvalue weighted by Crippen LogP contribution is -2.11. The van der Waals surface area contributed by atoms with Gasteiger partial charge in [0, 0.05) is 12.1 Å². The Balaban J connectivity index is 1.56. The fourth-order valence-corrected chi connectivity index (χ4v) is 3.28. The zero-order valence-corrected chi connectivity index (χ0v) is 17.8. The molecule has 1 aliphatic rings. The van der Waals surface area contributed by atoms with Crippen LogP contribution in [0, 0.1) is 29.0 Å². The highest BCUT2D eigenvalue weighted by molar-refractivity contribution is 5.85. The van der Waals surface area contributed by atoms with Gasteiger partial charge in [0.2, 0.25) is 0 Å². The summed E-state index contributed by atoms with van der Waals surface area (Å²) in [5.41, 5.74) is 0.422. The van der Waals surface area contributed by atoms with Gasteiger partial charge in [-0.05, 0) is 41.2 Å². The average Bonchev–Trinajstić information content (AvgIpc) is 3.26. The first-order valence-corrected chi connectivity index (χ1v) is 10.1. The van der Waals surface area contributed by atoms with Crippen molar-refractivity contribution in [2.75, 3.05) is 6.61 Å². The van der Waals surface area contributed by atoms with E-state index in [4.69, 9.17) is 14.3 Å². The predicted octanol–water partition coefficient (Wildman–Crippen LogP) is 5.59. The number of esters is 1. The number of para-hydroxylation sites is 1. The van der Waals surface area contributed by atoms with Crippen LogP contribution in [0.3, 0.4) is 0 Å². The molecule has 3 rings (SSSR count). The maximum atomic E-state index is 14.1. The van der Waals surface area contributed by atoms with E-state index in [-0.39, 0.29) is 35.6 Å². The fourth-order valence-electron chi connectivity index (χ4n) is 3.28. The number of benzene rings is 2. The molecule has 160 valence electrons. The van der Waals surface area contributed by atoms with Crippen LogP contribution in [0.2, 0.25) is 0 Å². The van der Waals surface area contributed by atoms with Gasteiger partial charge in [-0.15, -0.1) is 0 Å². The summed E-state index contributed by atoms with van der Waals surface area (Å²) in [5, 5.41) is 3.99. The second-order valence-corrected chi connectivity index (χ2v) is 8.56. The molecule has 1 saturated carbocycles. The summed E-state index contributed by atoms with van der Waals surface area (Å²) in [4.78, 5) is 17.8.